The summed E-state index contributed by atoms with van der Waals surface area (Å²) >= 11 is 0. The van der Waals surface area contributed by atoms with E-state index >= 15 is 0 Å². The van der Waals surface area contributed by atoms with Crippen molar-refractivity contribution in [3.05, 3.63) is 48.0 Å². The summed E-state index contributed by atoms with van der Waals surface area (Å²) < 4.78 is 0. The van der Waals surface area contributed by atoms with Gasteiger partial charge in [0.15, 0.2) is 0 Å². The van der Waals surface area contributed by atoms with Crippen LogP contribution >= 0.6 is 0 Å². The summed E-state index contributed by atoms with van der Waals surface area (Å²) in [5, 5.41) is 6.14. The highest BCUT2D eigenvalue weighted by molar-refractivity contribution is 5.83. The van der Waals surface area contributed by atoms with Gasteiger partial charge in [-0.15, -0.1) is 0 Å². The Bertz CT molecular complexity index is 500. The second-order valence-corrected chi connectivity index (χ2v) is 4.95. The Balaban J connectivity index is 2.39. The number of hydrogen-bond acceptors (Lipinski definition) is 1. The van der Waals surface area contributed by atoms with Crippen molar-refractivity contribution < 1.29 is 0 Å². The molecule has 2 aromatic carbocycles. The molecule has 0 aliphatic heterocycles. The number of nitrogens with one attached hydrogen (secondary N) is 1. The number of fused-ring (bicyclic) bond motifs is 1. The molecule has 0 heterocycles. The molecule has 0 fully saturated rings. The molecule has 0 saturated carbocycles. The van der Waals surface area contributed by atoms with Crippen LogP contribution in [-0.4, -0.2) is 7.05 Å². The summed E-state index contributed by atoms with van der Waals surface area (Å²) in [7, 11) is 2.07. The Morgan fingerprint density at radius 1 is 0.944 bits per heavy atom. The van der Waals surface area contributed by atoms with E-state index in [4.69, 9.17) is 0 Å². The van der Waals surface area contributed by atoms with E-state index in [0.717, 1.165) is 0 Å². The lowest BCUT2D eigenvalue weighted by atomic mass is 9.88. The minimum atomic E-state index is 0.463. The molecule has 1 atom stereocenters. The standard InChI is InChI=1S/C17H23N/c1-4-13(5-2)17(18-3)16-11-10-14-8-6-7-9-15(14)12-16/h6-13,17-18H,4-5H2,1-3H3. The molecule has 2 rings (SSSR count). The third-order valence-corrected chi connectivity index (χ3v) is 3.96. The number of rotatable bonds is 5. The van der Waals surface area contributed by atoms with E-state index in [1.54, 1.807) is 0 Å². The van der Waals surface area contributed by atoms with E-state index in [9.17, 15) is 0 Å². The average molecular weight is 241 g/mol. The predicted octanol–water partition coefficient (Wildman–Crippen LogP) is 4.54. The van der Waals surface area contributed by atoms with Crippen LogP contribution in [0.1, 0.15) is 38.3 Å². The molecule has 0 amide bonds. The number of benzene rings is 2. The third-order valence-electron chi connectivity index (χ3n) is 3.96. The highest BCUT2D eigenvalue weighted by atomic mass is 14.9. The molecule has 1 N–H and O–H groups in total. The van der Waals surface area contributed by atoms with Gasteiger partial charge >= 0.3 is 0 Å². The van der Waals surface area contributed by atoms with E-state index in [1.807, 2.05) is 0 Å². The molecule has 96 valence electrons. The summed E-state index contributed by atoms with van der Waals surface area (Å²) in [5.74, 6) is 0.705. The van der Waals surface area contributed by atoms with Crippen molar-refractivity contribution in [2.45, 2.75) is 32.7 Å². The molecule has 0 aliphatic carbocycles. The Hall–Kier alpha value is -1.34. The summed E-state index contributed by atoms with van der Waals surface area (Å²) in [6.07, 6.45) is 2.43. The Morgan fingerprint density at radius 2 is 1.61 bits per heavy atom. The van der Waals surface area contributed by atoms with Crippen LogP contribution in [0.3, 0.4) is 0 Å². The second-order valence-electron chi connectivity index (χ2n) is 4.95. The second kappa shape index (κ2) is 6.01. The topological polar surface area (TPSA) is 12.0 Å². The molecule has 18 heavy (non-hydrogen) atoms. The highest BCUT2D eigenvalue weighted by Gasteiger charge is 2.18. The number of hydrogen-bond donors (Lipinski definition) is 1. The van der Waals surface area contributed by atoms with Gasteiger partial charge in [-0.1, -0.05) is 63.1 Å². The van der Waals surface area contributed by atoms with Crippen molar-refractivity contribution in [2.75, 3.05) is 7.05 Å². The van der Waals surface area contributed by atoms with Gasteiger partial charge in [-0.25, -0.2) is 0 Å². The smallest absolute Gasteiger partial charge is 0.0346 e. The zero-order valence-corrected chi connectivity index (χ0v) is 11.6. The largest absolute Gasteiger partial charge is 0.313 e. The van der Waals surface area contributed by atoms with Crippen molar-refractivity contribution >= 4 is 10.8 Å². The minimum Gasteiger partial charge on any atom is -0.313 e. The van der Waals surface area contributed by atoms with Crippen LogP contribution in [0.2, 0.25) is 0 Å². The van der Waals surface area contributed by atoms with Crippen LogP contribution in [0.25, 0.3) is 10.8 Å². The van der Waals surface area contributed by atoms with Crippen LogP contribution in [-0.2, 0) is 0 Å². The fraction of sp³-hybridized carbons (Fsp3) is 0.412. The Kier molecular flexibility index (Phi) is 4.38. The van der Waals surface area contributed by atoms with E-state index in [2.05, 4.69) is 68.7 Å². The molecule has 1 unspecified atom stereocenters. The summed E-state index contributed by atoms with van der Waals surface area (Å²) in [4.78, 5) is 0. The van der Waals surface area contributed by atoms with Crippen molar-refractivity contribution in [1.29, 1.82) is 0 Å². The van der Waals surface area contributed by atoms with E-state index in [-0.39, 0.29) is 0 Å². The van der Waals surface area contributed by atoms with Crippen LogP contribution in [0.15, 0.2) is 42.5 Å². The van der Waals surface area contributed by atoms with Gasteiger partial charge in [-0.05, 0) is 35.4 Å². The molecule has 2 aromatic rings. The van der Waals surface area contributed by atoms with Crippen molar-refractivity contribution in [1.82, 2.24) is 5.32 Å². The van der Waals surface area contributed by atoms with Crippen molar-refractivity contribution in [3.8, 4) is 0 Å². The molecular formula is C17H23N. The molecule has 1 nitrogen and oxygen atoms in total. The zero-order chi connectivity index (χ0) is 13.0. The van der Waals surface area contributed by atoms with Gasteiger partial charge in [-0.3, -0.25) is 0 Å². The van der Waals surface area contributed by atoms with Gasteiger partial charge in [0.25, 0.3) is 0 Å². The van der Waals surface area contributed by atoms with Crippen LogP contribution in [0.4, 0.5) is 0 Å². The minimum absolute atomic E-state index is 0.463. The third kappa shape index (κ3) is 2.56. The molecule has 0 bridgehead atoms. The molecule has 0 spiro atoms. The fourth-order valence-electron chi connectivity index (χ4n) is 2.84. The van der Waals surface area contributed by atoms with Gasteiger partial charge in [0.2, 0.25) is 0 Å². The maximum atomic E-state index is 3.48. The first-order valence-corrected chi connectivity index (χ1v) is 6.96. The SMILES string of the molecule is CCC(CC)C(NC)c1ccc2ccccc2c1. The quantitative estimate of drug-likeness (QED) is 0.810. The zero-order valence-electron chi connectivity index (χ0n) is 11.6. The van der Waals surface area contributed by atoms with Crippen LogP contribution < -0.4 is 5.32 Å². The average Bonchev–Trinajstić information content (AvgIpc) is 2.44. The normalized spacial score (nSPS) is 13.1. The molecular weight excluding hydrogens is 218 g/mol. The van der Waals surface area contributed by atoms with Crippen LogP contribution in [0.5, 0.6) is 0 Å². The van der Waals surface area contributed by atoms with Gasteiger partial charge in [0, 0.05) is 6.04 Å². The maximum absolute atomic E-state index is 3.48. The molecule has 1 heteroatoms. The monoisotopic (exact) mass is 241 g/mol. The lowest BCUT2D eigenvalue weighted by Crippen LogP contribution is -2.24. The first kappa shape index (κ1) is 13.1. The van der Waals surface area contributed by atoms with Gasteiger partial charge < -0.3 is 5.32 Å². The summed E-state index contributed by atoms with van der Waals surface area (Å²) in [5.41, 5.74) is 1.41. The first-order chi connectivity index (χ1) is 8.80. The van der Waals surface area contributed by atoms with E-state index in [0.29, 0.717) is 12.0 Å². The summed E-state index contributed by atoms with van der Waals surface area (Å²) in [6.45, 7) is 4.55. The maximum Gasteiger partial charge on any atom is 0.0346 e. The van der Waals surface area contributed by atoms with Crippen molar-refractivity contribution in [3.63, 3.8) is 0 Å². The predicted molar refractivity (Wildman–Crippen MR) is 79.8 cm³/mol. The highest BCUT2D eigenvalue weighted by Crippen LogP contribution is 2.29. The Labute approximate surface area is 110 Å². The van der Waals surface area contributed by atoms with Gasteiger partial charge in [0.05, 0.1) is 0 Å². The molecule has 0 saturated heterocycles. The van der Waals surface area contributed by atoms with Crippen molar-refractivity contribution in [2.24, 2.45) is 5.92 Å². The van der Waals surface area contributed by atoms with Crippen LogP contribution in [0, 0.1) is 5.92 Å². The Morgan fingerprint density at radius 3 is 2.22 bits per heavy atom. The molecule has 0 aliphatic rings. The van der Waals surface area contributed by atoms with Gasteiger partial charge in [0.1, 0.15) is 0 Å². The molecule has 0 aromatic heterocycles. The lowest BCUT2D eigenvalue weighted by Gasteiger charge is -2.25. The van der Waals surface area contributed by atoms with E-state index in [1.165, 1.54) is 29.2 Å². The molecule has 0 radical (unpaired) electrons. The van der Waals surface area contributed by atoms with E-state index < -0.39 is 0 Å². The lowest BCUT2D eigenvalue weighted by molar-refractivity contribution is 0.360. The first-order valence-electron chi connectivity index (χ1n) is 6.96. The summed E-state index contributed by atoms with van der Waals surface area (Å²) in [6, 6.07) is 15.9. The fourth-order valence-corrected chi connectivity index (χ4v) is 2.84. The van der Waals surface area contributed by atoms with Gasteiger partial charge in [-0.2, -0.15) is 0 Å².